The van der Waals surface area contributed by atoms with Gasteiger partial charge < -0.3 is 9.80 Å². The average Bonchev–Trinajstić information content (AvgIpc) is 3.12. The molecule has 0 N–H and O–H groups in total. The van der Waals surface area contributed by atoms with E-state index in [2.05, 4.69) is 0 Å². The molecule has 1 saturated heterocycles. The molecule has 2 amide bonds. The van der Waals surface area contributed by atoms with Crippen molar-refractivity contribution in [3.8, 4) is 0 Å². The summed E-state index contributed by atoms with van der Waals surface area (Å²) in [5, 5.41) is 0. The van der Waals surface area contributed by atoms with Gasteiger partial charge in [0.25, 0.3) is 0 Å². The predicted molar refractivity (Wildman–Crippen MR) is 83.9 cm³/mol. The highest BCUT2D eigenvalue weighted by Crippen LogP contribution is 2.50. The number of benzene rings is 1. The summed E-state index contributed by atoms with van der Waals surface area (Å²) in [6.45, 7) is 0. The highest BCUT2D eigenvalue weighted by Gasteiger charge is 2.50. The van der Waals surface area contributed by atoms with Crippen LogP contribution in [0.2, 0.25) is 0 Å². The number of carbonyl (C=O) groups is 2. The molecule has 7 heteroatoms. The zero-order valence-corrected chi connectivity index (χ0v) is 13.8. The fourth-order valence-electron chi connectivity index (χ4n) is 3.03. The normalized spacial score (nSPS) is 26.3. The fourth-order valence-corrected chi connectivity index (χ4v) is 4.18. The van der Waals surface area contributed by atoms with Gasteiger partial charge >= 0.3 is 0 Å². The van der Waals surface area contributed by atoms with Crippen LogP contribution in [-0.4, -0.2) is 53.4 Å². The first-order valence-electron chi connectivity index (χ1n) is 7.45. The predicted octanol–water partition coefficient (Wildman–Crippen LogP) is 2.06. The van der Waals surface area contributed by atoms with Gasteiger partial charge in [-0.2, -0.15) is 0 Å². The second-order valence-corrected chi connectivity index (χ2v) is 7.14. The number of hydrogen-bond donors (Lipinski definition) is 0. The van der Waals surface area contributed by atoms with Crippen molar-refractivity contribution in [3.63, 3.8) is 0 Å². The molecule has 1 aromatic carbocycles. The lowest BCUT2D eigenvalue weighted by atomic mass is 10.1. The Morgan fingerprint density at radius 1 is 1.26 bits per heavy atom. The second-order valence-electron chi connectivity index (χ2n) is 6.14. The number of nitrogens with zero attached hydrogens (tertiary/aromatic N) is 2. The summed E-state index contributed by atoms with van der Waals surface area (Å²) in [4.78, 5) is 27.8. The number of hydrogen-bond acceptors (Lipinski definition) is 3. The maximum absolute atomic E-state index is 13.8. The van der Waals surface area contributed by atoms with Crippen molar-refractivity contribution in [2.75, 3.05) is 25.7 Å². The van der Waals surface area contributed by atoms with E-state index in [0.717, 1.165) is 0 Å². The van der Waals surface area contributed by atoms with E-state index in [1.165, 1.54) is 34.9 Å². The molecule has 0 spiro atoms. The lowest BCUT2D eigenvalue weighted by molar-refractivity contribution is -0.142. The summed E-state index contributed by atoms with van der Waals surface area (Å²) in [7, 11) is 3.31. The van der Waals surface area contributed by atoms with Gasteiger partial charge in [-0.15, -0.1) is 11.8 Å². The molecule has 1 heterocycles. The second kappa shape index (κ2) is 6.11. The first-order chi connectivity index (χ1) is 10.9. The van der Waals surface area contributed by atoms with Crippen LogP contribution < -0.4 is 0 Å². The van der Waals surface area contributed by atoms with Crippen LogP contribution in [0.4, 0.5) is 8.78 Å². The van der Waals surface area contributed by atoms with E-state index in [9.17, 15) is 18.4 Å². The van der Waals surface area contributed by atoms with Crippen LogP contribution in [0.1, 0.15) is 17.9 Å². The lowest BCUT2D eigenvalue weighted by Crippen LogP contribution is -2.47. The Morgan fingerprint density at radius 3 is 2.52 bits per heavy atom. The largest absolute Gasteiger partial charge is 0.347 e. The van der Waals surface area contributed by atoms with Crippen LogP contribution in [0.3, 0.4) is 0 Å². The van der Waals surface area contributed by atoms with Gasteiger partial charge in [0.1, 0.15) is 17.7 Å². The van der Waals surface area contributed by atoms with Gasteiger partial charge in [0.2, 0.25) is 11.8 Å². The number of rotatable bonds is 3. The van der Waals surface area contributed by atoms with Crippen molar-refractivity contribution >= 4 is 23.6 Å². The van der Waals surface area contributed by atoms with Crippen molar-refractivity contribution in [1.29, 1.82) is 0 Å². The average molecular weight is 340 g/mol. The van der Waals surface area contributed by atoms with Crippen LogP contribution >= 0.6 is 11.8 Å². The summed E-state index contributed by atoms with van der Waals surface area (Å²) >= 11 is 1.52. The van der Waals surface area contributed by atoms with E-state index in [1.807, 2.05) is 0 Å². The van der Waals surface area contributed by atoms with Crippen molar-refractivity contribution in [3.05, 3.63) is 35.4 Å². The zero-order valence-electron chi connectivity index (χ0n) is 13.0. The number of amides is 2. The number of likely N-dealkylation sites (N-methyl/N-ethyl adjacent to an activating group) is 1. The first-order valence-corrected chi connectivity index (χ1v) is 8.60. The standard InChI is InChI=1S/C16H18F2N2O2S/c1-19(2)16(22)13-7-23-8-20(13)15(21)10-6-9(10)14-11(17)4-3-5-12(14)18/h3-5,9-10,13H,6-8H2,1-2H3. The van der Waals surface area contributed by atoms with Gasteiger partial charge in [-0.1, -0.05) is 6.07 Å². The van der Waals surface area contributed by atoms with Crippen LogP contribution in [0, 0.1) is 17.6 Å². The highest BCUT2D eigenvalue weighted by atomic mass is 32.2. The minimum absolute atomic E-state index is 0.00631. The van der Waals surface area contributed by atoms with E-state index in [-0.39, 0.29) is 17.4 Å². The third-order valence-corrected chi connectivity index (χ3v) is 5.38. The molecule has 23 heavy (non-hydrogen) atoms. The Balaban J connectivity index is 1.74. The molecule has 2 aliphatic rings. The van der Waals surface area contributed by atoms with E-state index in [4.69, 9.17) is 0 Å². The van der Waals surface area contributed by atoms with Crippen molar-refractivity contribution in [2.45, 2.75) is 18.4 Å². The number of thioether (sulfide) groups is 1. The van der Waals surface area contributed by atoms with Gasteiger partial charge in [-0.05, 0) is 18.6 Å². The van der Waals surface area contributed by atoms with Gasteiger partial charge in [0.15, 0.2) is 0 Å². The first kappa shape index (κ1) is 16.2. The Labute approximate surface area is 137 Å². The third-order valence-electron chi connectivity index (χ3n) is 4.37. The molecule has 4 nitrogen and oxygen atoms in total. The summed E-state index contributed by atoms with van der Waals surface area (Å²) in [6, 6.07) is 3.26. The minimum Gasteiger partial charge on any atom is -0.347 e. The van der Waals surface area contributed by atoms with Crippen molar-refractivity contribution in [1.82, 2.24) is 9.80 Å². The van der Waals surface area contributed by atoms with Crippen molar-refractivity contribution < 1.29 is 18.4 Å². The SMILES string of the molecule is CN(C)C(=O)C1CSCN1C(=O)C1CC1c1c(F)cccc1F. The summed E-state index contributed by atoms with van der Waals surface area (Å²) < 4.78 is 27.7. The number of halogens is 2. The molecule has 2 fully saturated rings. The lowest BCUT2D eigenvalue weighted by Gasteiger charge is -2.25. The highest BCUT2D eigenvalue weighted by molar-refractivity contribution is 7.99. The molecule has 3 atom stereocenters. The Morgan fingerprint density at radius 2 is 1.91 bits per heavy atom. The molecular formula is C16H18F2N2O2S. The summed E-state index contributed by atoms with van der Waals surface area (Å²) in [5.41, 5.74) is -0.00631. The van der Waals surface area contributed by atoms with Crippen molar-refractivity contribution in [2.24, 2.45) is 5.92 Å². The van der Waals surface area contributed by atoms with Crippen LogP contribution in [0.5, 0.6) is 0 Å². The van der Waals surface area contributed by atoms with E-state index in [0.29, 0.717) is 18.1 Å². The van der Waals surface area contributed by atoms with Gasteiger partial charge in [0.05, 0.1) is 5.88 Å². The van der Waals surface area contributed by atoms with Gasteiger partial charge in [-0.25, -0.2) is 8.78 Å². The number of carbonyl (C=O) groups excluding carboxylic acids is 2. The maximum atomic E-state index is 13.8. The Kier molecular flexibility index (Phi) is 4.31. The van der Waals surface area contributed by atoms with Crippen LogP contribution in [-0.2, 0) is 9.59 Å². The van der Waals surface area contributed by atoms with E-state index in [1.54, 1.807) is 19.0 Å². The Bertz CT molecular complexity index is 633. The molecule has 1 aliphatic carbocycles. The summed E-state index contributed by atoms with van der Waals surface area (Å²) in [6.07, 6.45) is 0.431. The van der Waals surface area contributed by atoms with Crippen LogP contribution in [0.15, 0.2) is 18.2 Å². The van der Waals surface area contributed by atoms with Crippen LogP contribution in [0.25, 0.3) is 0 Å². The van der Waals surface area contributed by atoms with E-state index < -0.39 is 29.5 Å². The molecule has 3 rings (SSSR count). The molecule has 1 aromatic rings. The molecular weight excluding hydrogens is 322 g/mol. The summed E-state index contributed by atoms with van der Waals surface area (Å²) in [5.74, 6) is -1.35. The molecule has 0 bridgehead atoms. The third kappa shape index (κ3) is 2.94. The van der Waals surface area contributed by atoms with Gasteiger partial charge in [0, 0.05) is 37.2 Å². The van der Waals surface area contributed by atoms with Gasteiger partial charge in [-0.3, -0.25) is 9.59 Å². The molecule has 124 valence electrons. The monoisotopic (exact) mass is 340 g/mol. The topological polar surface area (TPSA) is 40.6 Å². The van der Waals surface area contributed by atoms with E-state index >= 15 is 0 Å². The zero-order chi connectivity index (χ0) is 16.7. The minimum atomic E-state index is -0.609. The fraction of sp³-hybridized carbons (Fsp3) is 0.500. The molecule has 1 aliphatic heterocycles. The molecule has 0 aromatic heterocycles. The quantitative estimate of drug-likeness (QED) is 0.846. The Hall–Kier alpha value is -1.63. The maximum Gasteiger partial charge on any atom is 0.245 e. The molecule has 1 saturated carbocycles. The molecule has 3 unspecified atom stereocenters. The smallest absolute Gasteiger partial charge is 0.245 e. The molecule has 0 radical (unpaired) electrons.